The Hall–Kier alpha value is -1.37. The Morgan fingerprint density at radius 3 is 2.83 bits per heavy atom. The van der Waals surface area contributed by atoms with Crippen molar-refractivity contribution in [1.82, 2.24) is 9.97 Å². The highest BCUT2D eigenvalue weighted by molar-refractivity contribution is 7.91. The molecule has 2 aliphatic heterocycles. The molecule has 2 unspecified atom stereocenters. The molecule has 0 N–H and O–H groups in total. The third-order valence-corrected chi connectivity index (χ3v) is 6.65. The van der Waals surface area contributed by atoms with Gasteiger partial charge in [0.1, 0.15) is 18.0 Å². The van der Waals surface area contributed by atoms with Crippen LogP contribution >= 0.6 is 0 Å². The average molecular weight is 338 g/mol. The molecule has 0 aliphatic carbocycles. The SMILES string of the molecule is CCN(c1cc(N2CCCC(C)C2)ncn1)C1CCS(=O)(=O)C1. The van der Waals surface area contributed by atoms with E-state index in [1.165, 1.54) is 12.8 Å². The highest BCUT2D eigenvalue weighted by Crippen LogP contribution is 2.26. The minimum absolute atomic E-state index is 0.0352. The normalized spacial score (nSPS) is 27.1. The Kier molecular flexibility index (Phi) is 4.75. The predicted molar refractivity (Wildman–Crippen MR) is 92.7 cm³/mol. The maximum atomic E-state index is 11.8. The molecule has 6 nitrogen and oxygen atoms in total. The van der Waals surface area contributed by atoms with E-state index < -0.39 is 9.84 Å². The summed E-state index contributed by atoms with van der Waals surface area (Å²) in [6.45, 7) is 7.14. The molecule has 0 aromatic carbocycles. The van der Waals surface area contributed by atoms with Crippen molar-refractivity contribution in [2.45, 2.75) is 39.2 Å². The van der Waals surface area contributed by atoms with E-state index in [9.17, 15) is 8.42 Å². The number of nitrogens with zero attached hydrogens (tertiary/aromatic N) is 4. The summed E-state index contributed by atoms with van der Waals surface area (Å²) in [5.41, 5.74) is 0. The molecule has 1 aromatic rings. The van der Waals surface area contributed by atoms with Gasteiger partial charge in [-0.15, -0.1) is 0 Å². The lowest BCUT2D eigenvalue weighted by molar-refractivity contribution is 0.444. The van der Waals surface area contributed by atoms with Gasteiger partial charge in [0.05, 0.1) is 11.5 Å². The lowest BCUT2D eigenvalue weighted by Crippen LogP contribution is -2.38. The zero-order valence-electron chi connectivity index (χ0n) is 14.0. The molecule has 3 rings (SSSR count). The molecular weight excluding hydrogens is 312 g/mol. The zero-order valence-corrected chi connectivity index (χ0v) is 14.8. The number of hydrogen-bond acceptors (Lipinski definition) is 6. The number of piperidine rings is 1. The zero-order chi connectivity index (χ0) is 16.4. The van der Waals surface area contributed by atoms with Crippen LogP contribution < -0.4 is 9.80 Å². The van der Waals surface area contributed by atoms with Crippen LogP contribution in [0.3, 0.4) is 0 Å². The van der Waals surface area contributed by atoms with E-state index in [2.05, 4.69) is 33.6 Å². The van der Waals surface area contributed by atoms with Crippen molar-refractivity contribution in [2.24, 2.45) is 5.92 Å². The van der Waals surface area contributed by atoms with E-state index in [1.54, 1.807) is 6.33 Å². The molecule has 0 saturated carbocycles. The van der Waals surface area contributed by atoms with Crippen molar-refractivity contribution in [2.75, 3.05) is 40.9 Å². The van der Waals surface area contributed by atoms with E-state index in [0.29, 0.717) is 12.3 Å². The minimum Gasteiger partial charge on any atom is -0.356 e. The quantitative estimate of drug-likeness (QED) is 0.833. The summed E-state index contributed by atoms with van der Waals surface area (Å²) in [5.74, 6) is 3.01. The van der Waals surface area contributed by atoms with Gasteiger partial charge in [-0.25, -0.2) is 18.4 Å². The first-order valence-corrected chi connectivity index (χ1v) is 10.3. The summed E-state index contributed by atoms with van der Waals surface area (Å²) in [6.07, 6.45) is 4.76. The molecule has 0 bridgehead atoms. The van der Waals surface area contributed by atoms with Gasteiger partial charge in [-0.05, 0) is 32.1 Å². The Labute approximate surface area is 138 Å². The van der Waals surface area contributed by atoms with Gasteiger partial charge in [-0.1, -0.05) is 6.92 Å². The summed E-state index contributed by atoms with van der Waals surface area (Å²) in [5, 5.41) is 0. The van der Waals surface area contributed by atoms with Gasteiger partial charge in [0.25, 0.3) is 0 Å². The van der Waals surface area contributed by atoms with Crippen molar-refractivity contribution in [1.29, 1.82) is 0 Å². The fourth-order valence-electron chi connectivity index (χ4n) is 3.69. The van der Waals surface area contributed by atoms with E-state index in [0.717, 1.165) is 31.3 Å². The Bertz CT molecular complexity index is 649. The van der Waals surface area contributed by atoms with Crippen molar-refractivity contribution in [3.8, 4) is 0 Å². The molecule has 0 spiro atoms. The van der Waals surface area contributed by atoms with Crippen molar-refractivity contribution >= 4 is 21.5 Å². The number of sulfone groups is 1. The molecule has 23 heavy (non-hydrogen) atoms. The smallest absolute Gasteiger partial charge is 0.152 e. The van der Waals surface area contributed by atoms with E-state index in [1.807, 2.05) is 6.07 Å². The summed E-state index contributed by atoms with van der Waals surface area (Å²) in [6, 6.07) is 2.06. The number of hydrogen-bond donors (Lipinski definition) is 0. The van der Waals surface area contributed by atoms with Crippen LogP contribution in [0.25, 0.3) is 0 Å². The summed E-state index contributed by atoms with van der Waals surface area (Å²) >= 11 is 0. The Balaban J connectivity index is 1.80. The summed E-state index contributed by atoms with van der Waals surface area (Å²) < 4.78 is 23.6. The first kappa shape index (κ1) is 16.5. The Morgan fingerprint density at radius 1 is 1.35 bits per heavy atom. The van der Waals surface area contributed by atoms with E-state index in [4.69, 9.17) is 0 Å². The number of rotatable bonds is 4. The highest BCUT2D eigenvalue weighted by atomic mass is 32.2. The van der Waals surface area contributed by atoms with Crippen molar-refractivity contribution in [3.05, 3.63) is 12.4 Å². The molecule has 128 valence electrons. The van der Waals surface area contributed by atoms with Crippen LogP contribution in [-0.4, -0.2) is 55.6 Å². The summed E-state index contributed by atoms with van der Waals surface area (Å²) in [4.78, 5) is 13.3. The molecule has 2 atom stereocenters. The Morgan fingerprint density at radius 2 is 2.17 bits per heavy atom. The van der Waals surface area contributed by atoms with Crippen LogP contribution in [0.2, 0.25) is 0 Å². The largest absolute Gasteiger partial charge is 0.356 e. The fraction of sp³-hybridized carbons (Fsp3) is 0.750. The van der Waals surface area contributed by atoms with Gasteiger partial charge in [0.2, 0.25) is 0 Å². The van der Waals surface area contributed by atoms with Gasteiger partial charge >= 0.3 is 0 Å². The van der Waals surface area contributed by atoms with Gasteiger partial charge in [0.15, 0.2) is 9.84 Å². The first-order chi connectivity index (χ1) is 11.0. The van der Waals surface area contributed by atoms with Crippen molar-refractivity contribution in [3.63, 3.8) is 0 Å². The standard InChI is InChI=1S/C16H26N4O2S/c1-3-20(14-6-8-23(21,22)11-14)16-9-15(17-12-18-16)19-7-4-5-13(2)10-19/h9,12-14H,3-8,10-11H2,1-2H3. The molecule has 2 fully saturated rings. The third kappa shape index (κ3) is 3.76. The van der Waals surface area contributed by atoms with Gasteiger partial charge in [-0.3, -0.25) is 0 Å². The second kappa shape index (κ2) is 6.63. The van der Waals surface area contributed by atoms with Crippen LogP contribution in [0.4, 0.5) is 11.6 Å². The average Bonchev–Trinajstić information content (AvgIpc) is 2.88. The molecule has 1 aromatic heterocycles. The van der Waals surface area contributed by atoms with Crippen LogP contribution in [-0.2, 0) is 9.84 Å². The van der Waals surface area contributed by atoms with Gasteiger partial charge in [0, 0.05) is 31.7 Å². The lowest BCUT2D eigenvalue weighted by atomic mass is 10.0. The number of aromatic nitrogens is 2. The van der Waals surface area contributed by atoms with E-state index >= 15 is 0 Å². The second-order valence-corrected chi connectivity index (χ2v) is 9.00. The minimum atomic E-state index is -2.89. The molecule has 7 heteroatoms. The second-order valence-electron chi connectivity index (χ2n) is 6.77. The predicted octanol–water partition coefficient (Wildman–Crippen LogP) is 1.73. The van der Waals surface area contributed by atoms with Crippen LogP contribution in [0.15, 0.2) is 12.4 Å². The van der Waals surface area contributed by atoms with Crippen molar-refractivity contribution < 1.29 is 8.42 Å². The molecule has 0 radical (unpaired) electrons. The lowest BCUT2D eigenvalue weighted by Gasteiger charge is -2.33. The highest BCUT2D eigenvalue weighted by Gasteiger charge is 2.32. The van der Waals surface area contributed by atoms with E-state index in [-0.39, 0.29) is 17.5 Å². The van der Waals surface area contributed by atoms with Gasteiger partial charge in [-0.2, -0.15) is 0 Å². The monoisotopic (exact) mass is 338 g/mol. The summed E-state index contributed by atoms with van der Waals surface area (Å²) in [7, 11) is -2.89. The molecule has 3 heterocycles. The fourth-order valence-corrected chi connectivity index (χ4v) is 5.42. The maximum Gasteiger partial charge on any atom is 0.152 e. The molecular formula is C16H26N4O2S. The first-order valence-electron chi connectivity index (χ1n) is 8.52. The third-order valence-electron chi connectivity index (χ3n) is 4.90. The number of anilines is 2. The van der Waals surface area contributed by atoms with Crippen LogP contribution in [0.1, 0.15) is 33.1 Å². The molecule has 2 aliphatic rings. The maximum absolute atomic E-state index is 11.8. The molecule has 2 saturated heterocycles. The molecule has 0 amide bonds. The van der Waals surface area contributed by atoms with Gasteiger partial charge < -0.3 is 9.80 Å². The van der Waals surface area contributed by atoms with Crippen LogP contribution in [0, 0.1) is 5.92 Å². The topological polar surface area (TPSA) is 66.4 Å². The van der Waals surface area contributed by atoms with Crippen LogP contribution in [0.5, 0.6) is 0 Å².